The number of piperidine rings is 1. The lowest BCUT2D eigenvalue weighted by molar-refractivity contribution is -0.126. The molecule has 0 radical (unpaired) electrons. The number of hydrogen-bond acceptors (Lipinski definition) is 5. The standard InChI is InChI=1S/C27H26FN5O2/c28-21-8-3-5-18(15-21)12-14-30-25-23(27(35)32-17-20-7-4-13-31-26(20)34)10-11-24(33-25)22-9-2-1-6-19(22)16-29/h1-3,5-6,8-11,15,20H,4,7,12-14,17H2,(H,30,33)(H,31,34)(H,32,35). The first-order valence-corrected chi connectivity index (χ1v) is 11.6. The molecular weight excluding hydrogens is 445 g/mol. The third kappa shape index (κ3) is 6.01. The Bertz CT molecular complexity index is 1270. The molecule has 0 aliphatic carbocycles. The molecule has 0 saturated carbocycles. The number of amides is 2. The van der Waals surface area contributed by atoms with E-state index in [1.807, 2.05) is 12.1 Å². The van der Waals surface area contributed by atoms with Gasteiger partial charge in [0.2, 0.25) is 5.91 Å². The number of nitrogens with one attached hydrogen (secondary N) is 3. The largest absolute Gasteiger partial charge is 0.369 e. The van der Waals surface area contributed by atoms with Crippen molar-refractivity contribution in [3.05, 3.63) is 83.2 Å². The number of anilines is 1. The van der Waals surface area contributed by atoms with Gasteiger partial charge in [-0.2, -0.15) is 5.26 Å². The number of aromatic nitrogens is 1. The fourth-order valence-electron chi connectivity index (χ4n) is 4.09. The Morgan fingerprint density at radius 1 is 1.17 bits per heavy atom. The average Bonchev–Trinajstić information content (AvgIpc) is 2.88. The molecule has 2 heterocycles. The quantitative estimate of drug-likeness (QED) is 0.465. The lowest BCUT2D eigenvalue weighted by atomic mass is 9.98. The minimum absolute atomic E-state index is 0.0495. The van der Waals surface area contributed by atoms with Crippen molar-refractivity contribution in [2.75, 3.05) is 25.0 Å². The van der Waals surface area contributed by atoms with E-state index in [1.54, 1.807) is 36.4 Å². The topological polar surface area (TPSA) is 107 Å². The number of carbonyl (C=O) groups is 2. The van der Waals surface area contributed by atoms with E-state index in [2.05, 4.69) is 27.0 Å². The first kappa shape index (κ1) is 23.9. The fraction of sp³-hybridized carbons (Fsp3) is 0.259. The fourth-order valence-corrected chi connectivity index (χ4v) is 4.09. The van der Waals surface area contributed by atoms with Gasteiger partial charge in [0.25, 0.3) is 5.91 Å². The average molecular weight is 472 g/mol. The Morgan fingerprint density at radius 3 is 2.83 bits per heavy atom. The van der Waals surface area contributed by atoms with Crippen LogP contribution in [0.5, 0.6) is 0 Å². The minimum Gasteiger partial charge on any atom is -0.369 e. The van der Waals surface area contributed by atoms with Crippen LogP contribution in [-0.2, 0) is 11.2 Å². The first-order chi connectivity index (χ1) is 17.0. The smallest absolute Gasteiger partial charge is 0.255 e. The molecule has 2 aromatic carbocycles. The van der Waals surface area contributed by atoms with Crippen molar-refractivity contribution in [2.24, 2.45) is 5.92 Å². The van der Waals surface area contributed by atoms with Crippen LogP contribution in [0.1, 0.15) is 34.3 Å². The SMILES string of the molecule is N#Cc1ccccc1-c1ccc(C(=O)NCC2CCCNC2=O)c(NCCc2cccc(F)c2)n1. The van der Waals surface area contributed by atoms with Crippen LogP contribution in [-0.4, -0.2) is 36.4 Å². The van der Waals surface area contributed by atoms with Crippen molar-refractivity contribution >= 4 is 17.6 Å². The zero-order valence-corrected chi connectivity index (χ0v) is 19.2. The molecule has 4 rings (SSSR count). The number of hydrogen-bond donors (Lipinski definition) is 3. The molecule has 0 bridgehead atoms. The van der Waals surface area contributed by atoms with Gasteiger partial charge in [-0.15, -0.1) is 0 Å². The van der Waals surface area contributed by atoms with Crippen LogP contribution in [0.2, 0.25) is 0 Å². The predicted octanol–water partition coefficient (Wildman–Crippen LogP) is 3.67. The lowest BCUT2D eigenvalue weighted by Gasteiger charge is -2.22. The number of carbonyl (C=O) groups excluding carboxylic acids is 2. The molecule has 1 fully saturated rings. The number of benzene rings is 2. The number of nitrogens with zero attached hydrogens (tertiary/aromatic N) is 2. The third-order valence-electron chi connectivity index (χ3n) is 5.97. The molecule has 1 aliphatic rings. The maximum atomic E-state index is 13.5. The maximum absolute atomic E-state index is 13.5. The van der Waals surface area contributed by atoms with Crippen molar-refractivity contribution in [3.63, 3.8) is 0 Å². The van der Waals surface area contributed by atoms with E-state index in [1.165, 1.54) is 12.1 Å². The molecule has 8 heteroatoms. The van der Waals surface area contributed by atoms with Crippen molar-refractivity contribution in [3.8, 4) is 17.3 Å². The molecule has 1 aliphatic heterocycles. The molecule has 0 spiro atoms. The second-order valence-electron chi connectivity index (χ2n) is 8.40. The van der Waals surface area contributed by atoms with Crippen LogP contribution in [0.3, 0.4) is 0 Å². The molecule has 178 valence electrons. The van der Waals surface area contributed by atoms with E-state index < -0.39 is 0 Å². The Morgan fingerprint density at radius 2 is 2.03 bits per heavy atom. The molecule has 35 heavy (non-hydrogen) atoms. The van der Waals surface area contributed by atoms with Crippen LogP contribution >= 0.6 is 0 Å². The highest BCUT2D eigenvalue weighted by Crippen LogP contribution is 2.25. The number of halogens is 1. The summed E-state index contributed by atoms with van der Waals surface area (Å²) in [6.45, 7) is 1.33. The molecule has 1 aromatic heterocycles. The predicted molar refractivity (Wildman–Crippen MR) is 131 cm³/mol. The molecule has 1 unspecified atom stereocenters. The van der Waals surface area contributed by atoms with Crippen molar-refractivity contribution in [2.45, 2.75) is 19.3 Å². The summed E-state index contributed by atoms with van der Waals surface area (Å²) >= 11 is 0. The van der Waals surface area contributed by atoms with E-state index in [9.17, 15) is 19.2 Å². The van der Waals surface area contributed by atoms with Crippen molar-refractivity contribution in [1.82, 2.24) is 15.6 Å². The lowest BCUT2D eigenvalue weighted by Crippen LogP contribution is -2.42. The van der Waals surface area contributed by atoms with E-state index >= 15 is 0 Å². The monoisotopic (exact) mass is 471 g/mol. The van der Waals surface area contributed by atoms with E-state index in [4.69, 9.17) is 0 Å². The van der Waals surface area contributed by atoms with Gasteiger partial charge in [0.05, 0.1) is 28.8 Å². The summed E-state index contributed by atoms with van der Waals surface area (Å²) in [6.07, 6.45) is 2.14. The first-order valence-electron chi connectivity index (χ1n) is 11.6. The summed E-state index contributed by atoms with van der Waals surface area (Å²) in [5, 5.41) is 18.4. The molecular formula is C27H26FN5O2. The number of pyridine rings is 1. The van der Waals surface area contributed by atoms with Crippen LogP contribution < -0.4 is 16.0 Å². The number of nitriles is 1. The molecule has 1 atom stereocenters. The Balaban J connectivity index is 1.55. The third-order valence-corrected chi connectivity index (χ3v) is 5.97. The van der Waals surface area contributed by atoms with Crippen LogP contribution in [0.15, 0.2) is 60.7 Å². The van der Waals surface area contributed by atoms with Crippen molar-refractivity contribution in [1.29, 1.82) is 5.26 Å². The van der Waals surface area contributed by atoms with E-state index in [0.717, 1.165) is 18.4 Å². The van der Waals surface area contributed by atoms with Gasteiger partial charge < -0.3 is 16.0 Å². The van der Waals surface area contributed by atoms with Gasteiger partial charge in [-0.25, -0.2) is 9.37 Å². The molecule has 3 N–H and O–H groups in total. The van der Waals surface area contributed by atoms with Gasteiger partial charge in [0.15, 0.2) is 0 Å². The zero-order valence-electron chi connectivity index (χ0n) is 19.2. The van der Waals surface area contributed by atoms with Gasteiger partial charge in [0.1, 0.15) is 11.6 Å². The Kier molecular flexibility index (Phi) is 7.68. The van der Waals surface area contributed by atoms with Crippen molar-refractivity contribution < 1.29 is 14.0 Å². The second-order valence-corrected chi connectivity index (χ2v) is 8.40. The Hall–Kier alpha value is -4.25. The highest BCUT2D eigenvalue weighted by atomic mass is 19.1. The highest BCUT2D eigenvalue weighted by Gasteiger charge is 2.23. The summed E-state index contributed by atoms with van der Waals surface area (Å²) in [5.41, 5.74) is 2.84. The van der Waals surface area contributed by atoms with Gasteiger partial charge >= 0.3 is 0 Å². The molecule has 2 amide bonds. The summed E-state index contributed by atoms with van der Waals surface area (Å²) < 4.78 is 13.5. The molecule has 3 aromatic rings. The Labute approximate surface area is 203 Å². The molecule has 7 nitrogen and oxygen atoms in total. The van der Waals surface area contributed by atoms with Crippen LogP contribution in [0.25, 0.3) is 11.3 Å². The normalized spacial score (nSPS) is 15.1. The van der Waals surface area contributed by atoms with Crippen LogP contribution in [0, 0.1) is 23.1 Å². The number of rotatable bonds is 8. The summed E-state index contributed by atoms with van der Waals surface area (Å²) in [4.78, 5) is 29.7. The highest BCUT2D eigenvalue weighted by molar-refractivity contribution is 5.99. The van der Waals surface area contributed by atoms with E-state index in [0.29, 0.717) is 47.7 Å². The van der Waals surface area contributed by atoms with Gasteiger partial charge in [-0.05, 0) is 55.2 Å². The van der Waals surface area contributed by atoms with E-state index in [-0.39, 0.29) is 30.1 Å². The summed E-state index contributed by atoms with van der Waals surface area (Å²) in [6, 6.07) is 19.0. The summed E-state index contributed by atoms with van der Waals surface area (Å²) in [5.74, 6) is -0.595. The minimum atomic E-state index is -0.343. The maximum Gasteiger partial charge on any atom is 0.255 e. The zero-order chi connectivity index (χ0) is 24.6. The van der Waals surface area contributed by atoms with Gasteiger partial charge in [-0.1, -0.05) is 30.3 Å². The van der Waals surface area contributed by atoms with Gasteiger partial charge in [-0.3, -0.25) is 9.59 Å². The van der Waals surface area contributed by atoms with Crippen LogP contribution in [0.4, 0.5) is 10.2 Å². The summed E-state index contributed by atoms with van der Waals surface area (Å²) in [7, 11) is 0. The second kappa shape index (κ2) is 11.3. The van der Waals surface area contributed by atoms with Gasteiger partial charge in [0, 0.05) is 25.2 Å². The molecule has 1 saturated heterocycles.